The van der Waals surface area contributed by atoms with Crippen molar-refractivity contribution in [3.05, 3.63) is 59.2 Å². The third kappa shape index (κ3) is 4.00. The van der Waals surface area contributed by atoms with E-state index in [-0.39, 0.29) is 17.7 Å². The molecule has 0 aromatic heterocycles. The zero-order valence-corrected chi connectivity index (χ0v) is 18.0. The molecular formula is C24H27N3O4. The van der Waals surface area contributed by atoms with Gasteiger partial charge in [-0.15, -0.1) is 0 Å². The third-order valence-corrected chi connectivity index (χ3v) is 5.96. The highest BCUT2D eigenvalue weighted by Gasteiger charge is 2.36. The largest absolute Gasteiger partial charge is 0.497 e. The molecule has 2 aliphatic heterocycles. The van der Waals surface area contributed by atoms with E-state index >= 15 is 0 Å². The quantitative estimate of drug-likeness (QED) is 0.671. The van der Waals surface area contributed by atoms with Crippen LogP contribution in [0.4, 0.5) is 5.69 Å². The zero-order valence-electron chi connectivity index (χ0n) is 18.0. The summed E-state index contributed by atoms with van der Waals surface area (Å²) >= 11 is 0. The lowest BCUT2D eigenvalue weighted by Gasteiger charge is -2.36. The third-order valence-electron chi connectivity index (χ3n) is 5.96. The van der Waals surface area contributed by atoms with E-state index in [0.717, 1.165) is 37.4 Å². The summed E-state index contributed by atoms with van der Waals surface area (Å²) < 4.78 is 5.21. The fourth-order valence-corrected chi connectivity index (χ4v) is 4.09. The second-order valence-corrected chi connectivity index (χ2v) is 7.85. The number of amides is 3. The minimum Gasteiger partial charge on any atom is -0.497 e. The maximum Gasteiger partial charge on any atom is 0.261 e. The molecule has 0 bridgehead atoms. The summed E-state index contributed by atoms with van der Waals surface area (Å²) in [5, 5.41) is 0. The highest BCUT2D eigenvalue weighted by Crippen LogP contribution is 2.26. The van der Waals surface area contributed by atoms with Crippen molar-refractivity contribution in [2.24, 2.45) is 0 Å². The predicted octanol–water partition coefficient (Wildman–Crippen LogP) is 3.05. The number of fused-ring (bicyclic) bond motifs is 1. The number of hydrogen-bond donors (Lipinski definition) is 0. The molecule has 1 saturated heterocycles. The fraction of sp³-hybridized carbons (Fsp3) is 0.375. The van der Waals surface area contributed by atoms with Crippen molar-refractivity contribution in [1.82, 2.24) is 9.80 Å². The van der Waals surface area contributed by atoms with Crippen LogP contribution in [0.15, 0.2) is 42.5 Å². The van der Waals surface area contributed by atoms with Gasteiger partial charge in [-0.05, 0) is 48.9 Å². The molecule has 3 amide bonds. The van der Waals surface area contributed by atoms with Gasteiger partial charge in [0, 0.05) is 44.0 Å². The first kappa shape index (κ1) is 20.9. The Morgan fingerprint density at radius 3 is 2.26 bits per heavy atom. The Morgan fingerprint density at radius 1 is 0.935 bits per heavy atom. The number of unbranched alkanes of at least 4 members (excludes halogenated alkanes) is 1. The molecule has 7 nitrogen and oxygen atoms in total. The van der Waals surface area contributed by atoms with Crippen molar-refractivity contribution >= 4 is 23.4 Å². The van der Waals surface area contributed by atoms with E-state index in [1.54, 1.807) is 30.2 Å². The zero-order chi connectivity index (χ0) is 22.0. The molecule has 4 rings (SSSR count). The molecule has 0 atom stereocenters. The number of carbonyl (C=O) groups excluding carboxylic acids is 3. The Kier molecular flexibility index (Phi) is 5.93. The lowest BCUT2D eigenvalue weighted by molar-refractivity contribution is 0.0651. The van der Waals surface area contributed by atoms with Gasteiger partial charge in [-0.25, -0.2) is 0 Å². The number of benzene rings is 2. The second-order valence-electron chi connectivity index (χ2n) is 7.85. The summed E-state index contributed by atoms with van der Waals surface area (Å²) in [6.45, 7) is 5.08. The molecule has 7 heteroatoms. The highest BCUT2D eigenvalue weighted by molar-refractivity contribution is 6.22. The second kappa shape index (κ2) is 8.79. The number of anilines is 1. The number of hydrogen-bond acceptors (Lipinski definition) is 5. The van der Waals surface area contributed by atoms with Crippen LogP contribution in [0.1, 0.15) is 50.8 Å². The van der Waals surface area contributed by atoms with E-state index in [1.165, 1.54) is 4.90 Å². The number of ether oxygens (including phenoxy) is 1. The Hall–Kier alpha value is -3.35. The van der Waals surface area contributed by atoms with Gasteiger partial charge in [-0.3, -0.25) is 19.3 Å². The Labute approximate surface area is 182 Å². The molecular weight excluding hydrogens is 394 g/mol. The molecule has 2 aromatic carbocycles. The average Bonchev–Trinajstić information content (AvgIpc) is 3.06. The van der Waals surface area contributed by atoms with E-state index in [4.69, 9.17) is 4.74 Å². The number of rotatable bonds is 6. The van der Waals surface area contributed by atoms with Gasteiger partial charge in [0.2, 0.25) is 0 Å². The van der Waals surface area contributed by atoms with Crippen LogP contribution in [-0.4, -0.2) is 67.4 Å². The molecule has 31 heavy (non-hydrogen) atoms. The van der Waals surface area contributed by atoms with E-state index in [1.807, 2.05) is 31.2 Å². The van der Waals surface area contributed by atoms with Gasteiger partial charge in [0.05, 0.1) is 18.2 Å². The smallest absolute Gasteiger partial charge is 0.261 e. The van der Waals surface area contributed by atoms with Crippen LogP contribution in [0.25, 0.3) is 0 Å². The molecule has 0 spiro atoms. The summed E-state index contributed by atoms with van der Waals surface area (Å²) in [5.74, 6) is 0.146. The minimum absolute atomic E-state index is 0.107. The van der Waals surface area contributed by atoms with Gasteiger partial charge in [0.25, 0.3) is 17.7 Å². The van der Waals surface area contributed by atoms with Gasteiger partial charge in [0.1, 0.15) is 5.75 Å². The average molecular weight is 421 g/mol. The lowest BCUT2D eigenvalue weighted by atomic mass is 10.0. The van der Waals surface area contributed by atoms with Gasteiger partial charge in [-0.1, -0.05) is 13.3 Å². The van der Waals surface area contributed by atoms with E-state index in [2.05, 4.69) is 4.90 Å². The number of methoxy groups -OCH3 is 1. The van der Waals surface area contributed by atoms with E-state index in [0.29, 0.717) is 36.3 Å². The molecule has 2 heterocycles. The maximum absolute atomic E-state index is 13.0. The maximum atomic E-state index is 13.0. The SMILES string of the molecule is CCCCN1C(=O)c2ccc(C(=O)N3CCN(c4ccc(OC)cc4)CC3)cc2C1=O. The van der Waals surface area contributed by atoms with Crippen LogP contribution in [0.2, 0.25) is 0 Å². The summed E-state index contributed by atoms with van der Waals surface area (Å²) in [6.07, 6.45) is 1.68. The van der Waals surface area contributed by atoms with Crippen LogP contribution in [0.3, 0.4) is 0 Å². The Bertz CT molecular complexity index is 994. The summed E-state index contributed by atoms with van der Waals surface area (Å²) in [7, 11) is 1.64. The van der Waals surface area contributed by atoms with Crippen molar-refractivity contribution in [3.8, 4) is 5.75 Å². The monoisotopic (exact) mass is 421 g/mol. The molecule has 0 radical (unpaired) electrons. The predicted molar refractivity (Wildman–Crippen MR) is 118 cm³/mol. The van der Waals surface area contributed by atoms with E-state index in [9.17, 15) is 14.4 Å². The number of nitrogens with zero attached hydrogens (tertiary/aromatic N) is 3. The fourth-order valence-electron chi connectivity index (χ4n) is 4.09. The summed E-state index contributed by atoms with van der Waals surface area (Å²) in [4.78, 5) is 43.6. The van der Waals surface area contributed by atoms with Crippen molar-refractivity contribution < 1.29 is 19.1 Å². The molecule has 0 N–H and O–H groups in total. The van der Waals surface area contributed by atoms with Crippen LogP contribution >= 0.6 is 0 Å². The first-order chi connectivity index (χ1) is 15.0. The van der Waals surface area contributed by atoms with Gasteiger partial charge in [-0.2, -0.15) is 0 Å². The first-order valence-electron chi connectivity index (χ1n) is 10.7. The van der Waals surface area contributed by atoms with Crippen LogP contribution in [0.5, 0.6) is 5.75 Å². The molecule has 2 aliphatic rings. The van der Waals surface area contributed by atoms with Gasteiger partial charge in [0.15, 0.2) is 0 Å². The lowest BCUT2D eigenvalue weighted by Crippen LogP contribution is -2.48. The topological polar surface area (TPSA) is 70.2 Å². The van der Waals surface area contributed by atoms with E-state index < -0.39 is 0 Å². The van der Waals surface area contributed by atoms with Gasteiger partial charge < -0.3 is 14.5 Å². The Balaban J connectivity index is 1.42. The summed E-state index contributed by atoms with van der Waals surface area (Å²) in [5.41, 5.74) is 2.28. The molecule has 1 fully saturated rings. The first-order valence-corrected chi connectivity index (χ1v) is 10.7. The number of piperazine rings is 1. The molecule has 0 saturated carbocycles. The van der Waals surface area contributed by atoms with Crippen LogP contribution in [-0.2, 0) is 0 Å². The normalized spacial score (nSPS) is 16.0. The van der Waals surface area contributed by atoms with Crippen molar-refractivity contribution in [2.45, 2.75) is 19.8 Å². The van der Waals surface area contributed by atoms with Crippen molar-refractivity contribution in [3.63, 3.8) is 0 Å². The van der Waals surface area contributed by atoms with Crippen molar-refractivity contribution in [1.29, 1.82) is 0 Å². The van der Waals surface area contributed by atoms with Crippen LogP contribution < -0.4 is 9.64 Å². The minimum atomic E-state index is -0.299. The number of carbonyl (C=O) groups is 3. The van der Waals surface area contributed by atoms with Crippen LogP contribution in [0, 0.1) is 0 Å². The standard InChI is InChI=1S/C24H27N3O4/c1-3-4-11-27-23(29)20-10-5-17(16-21(20)24(27)30)22(28)26-14-12-25(13-15-26)18-6-8-19(31-2)9-7-18/h5-10,16H,3-4,11-15H2,1-2H3. The van der Waals surface area contributed by atoms with Crippen molar-refractivity contribution in [2.75, 3.05) is 44.7 Å². The molecule has 162 valence electrons. The number of imide groups is 1. The highest BCUT2D eigenvalue weighted by atomic mass is 16.5. The van der Waals surface area contributed by atoms with Gasteiger partial charge >= 0.3 is 0 Å². The Morgan fingerprint density at radius 2 is 1.61 bits per heavy atom. The molecule has 0 unspecified atom stereocenters. The summed E-state index contributed by atoms with van der Waals surface area (Å²) in [6, 6.07) is 12.8. The molecule has 0 aliphatic carbocycles. The molecule has 2 aromatic rings.